The third kappa shape index (κ3) is 4.44. The Morgan fingerprint density at radius 3 is 2.36 bits per heavy atom. The van der Waals surface area contributed by atoms with Gasteiger partial charge in [-0.3, -0.25) is 9.10 Å². The minimum Gasteiger partial charge on any atom is -0.495 e. The lowest BCUT2D eigenvalue weighted by Crippen LogP contribution is -2.27. The molecule has 4 aromatic rings. The van der Waals surface area contributed by atoms with E-state index < -0.39 is 10.0 Å². The van der Waals surface area contributed by atoms with Crippen LogP contribution in [0.25, 0.3) is 5.69 Å². The van der Waals surface area contributed by atoms with E-state index in [1.54, 1.807) is 53.5 Å². The minimum atomic E-state index is -3.85. The quantitative estimate of drug-likeness (QED) is 0.449. The van der Waals surface area contributed by atoms with Crippen LogP contribution >= 0.6 is 0 Å². The zero-order valence-corrected chi connectivity index (χ0v) is 18.9. The monoisotopic (exact) mass is 462 g/mol. The molecule has 4 rings (SSSR count). The predicted octanol–water partition coefficient (Wildman–Crippen LogP) is 3.96. The summed E-state index contributed by atoms with van der Waals surface area (Å²) in [5.41, 5.74) is 2.04. The molecule has 8 nitrogen and oxygen atoms in total. The number of carbonyl (C=O) groups is 1. The topological polar surface area (TPSA) is 93.5 Å². The molecular weight excluding hydrogens is 440 g/mol. The van der Waals surface area contributed by atoms with Crippen molar-refractivity contribution in [2.24, 2.45) is 0 Å². The molecule has 0 aliphatic rings. The Hall–Kier alpha value is -4.11. The highest BCUT2D eigenvalue weighted by Gasteiger charge is 2.24. The van der Waals surface area contributed by atoms with Crippen molar-refractivity contribution in [2.75, 3.05) is 23.8 Å². The first-order chi connectivity index (χ1) is 15.9. The van der Waals surface area contributed by atoms with E-state index in [4.69, 9.17) is 4.74 Å². The number of anilines is 2. The Morgan fingerprint density at radius 2 is 1.67 bits per heavy atom. The van der Waals surface area contributed by atoms with Crippen LogP contribution in [-0.4, -0.2) is 38.3 Å². The van der Waals surface area contributed by atoms with Crippen molar-refractivity contribution in [3.8, 4) is 11.4 Å². The van der Waals surface area contributed by atoms with E-state index in [-0.39, 0.29) is 10.8 Å². The van der Waals surface area contributed by atoms with Gasteiger partial charge in [0.25, 0.3) is 15.9 Å². The number of amides is 1. The molecule has 1 amide bonds. The molecule has 3 aromatic carbocycles. The highest BCUT2D eigenvalue weighted by molar-refractivity contribution is 7.92. The molecule has 0 radical (unpaired) electrons. The van der Waals surface area contributed by atoms with Crippen LogP contribution in [-0.2, 0) is 10.0 Å². The Balaban J connectivity index is 1.56. The van der Waals surface area contributed by atoms with Crippen LogP contribution in [0.4, 0.5) is 11.4 Å². The van der Waals surface area contributed by atoms with Gasteiger partial charge in [0.1, 0.15) is 5.75 Å². The Kier molecular flexibility index (Phi) is 6.14. The Labute approximate surface area is 192 Å². The van der Waals surface area contributed by atoms with Crippen LogP contribution in [0.5, 0.6) is 5.75 Å². The smallest absolute Gasteiger partial charge is 0.264 e. The maximum Gasteiger partial charge on any atom is 0.264 e. The summed E-state index contributed by atoms with van der Waals surface area (Å²) in [7, 11) is -0.911. The normalized spacial score (nSPS) is 11.1. The van der Waals surface area contributed by atoms with E-state index >= 15 is 0 Å². The van der Waals surface area contributed by atoms with Crippen molar-refractivity contribution >= 4 is 27.3 Å². The molecule has 9 heteroatoms. The number of hydrogen-bond acceptors (Lipinski definition) is 5. The summed E-state index contributed by atoms with van der Waals surface area (Å²) in [6.07, 6.45) is 3.43. The van der Waals surface area contributed by atoms with Crippen LogP contribution < -0.4 is 14.4 Å². The standard InChI is InChI=1S/C24H22N4O4S/c1-27(22-10-5-6-11-23(22)32-2)33(30,31)19-14-12-18(13-15-19)24(29)26-20-8-3-4-9-21(20)28-17-7-16-25-28/h3-17H,1-2H3,(H,26,29). The number of para-hydroxylation sites is 4. The van der Waals surface area contributed by atoms with Gasteiger partial charge in [-0.05, 0) is 54.6 Å². The molecule has 0 atom stereocenters. The average molecular weight is 463 g/mol. The van der Waals surface area contributed by atoms with Gasteiger partial charge >= 0.3 is 0 Å². The van der Waals surface area contributed by atoms with Gasteiger partial charge in [-0.15, -0.1) is 0 Å². The first-order valence-corrected chi connectivity index (χ1v) is 11.5. The number of nitrogens with zero attached hydrogens (tertiary/aromatic N) is 3. The zero-order chi connectivity index (χ0) is 23.4. The molecule has 0 bridgehead atoms. The second-order valence-electron chi connectivity index (χ2n) is 7.09. The second-order valence-corrected chi connectivity index (χ2v) is 9.06. The number of ether oxygens (including phenoxy) is 1. The zero-order valence-electron chi connectivity index (χ0n) is 18.0. The molecule has 0 unspecified atom stereocenters. The number of rotatable bonds is 7. The summed E-state index contributed by atoms with van der Waals surface area (Å²) in [6.45, 7) is 0. The molecule has 0 aliphatic heterocycles. The first-order valence-electron chi connectivity index (χ1n) is 10.0. The van der Waals surface area contributed by atoms with E-state index in [0.29, 0.717) is 28.4 Å². The van der Waals surface area contributed by atoms with Gasteiger partial charge in [0.15, 0.2) is 0 Å². The lowest BCUT2D eigenvalue weighted by atomic mass is 10.2. The fourth-order valence-electron chi connectivity index (χ4n) is 3.34. The van der Waals surface area contributed by atoms with Crippen molar-refractivity contribution in [2.45, 2.75) is 4.90 Å². The van der Waals surface area contributed by atoms with Crippen LogP contribution in [0.2, 0.25) is 0 Å². The summed E-state index contributed by atoms with van der Waals surface area (Å²) in [6, 6.07) is 21.7. The molecule has 0 saturated carbocycles. The molecule has 0 saturated heterocycles. The Bertz CT molecular complexity index is 1370. The first kappa shape index (κ1) is 22.1. The number of nitrogens with one attached hydrogen (secondary N) is 1. The molecule has 168 valence electrons. The van der Waals surface area contributed by atoms with Gasteiger partial charge in [-0.1, -0.05) is 24.3 Å². The minimum absolute atomic E-state index is 0.0596. The highest BCUT2D eigenvalue weighted by Crippen LogP contribution is 2.31. The van der Waals surface area contributed by atoms with E-state index in [9.17, 15) is 13.2 Å². The number of methoxy groups -OCH3 is 1. The largest absolute Gasteiger partial charge is 0.495 e. The lowest BCUT2D eigenvalue weighted by molar-refractivity contribution is 0.102. The molecule has 0 aliphatic carbocycles. The summed E-state index contributed by atoms with van der Waals surface area (Å²) in [4.78, 5) is 12.9. The number of sulfonamides is 1. The highest BCUT2D eigenvalue weighted by atomic mass is 32.2. The summed E-state index contributed by atoms with van der Waals surface area (Å²) >= 11 is 0. The van der Waals surface area contributed by atoms with Gasteiger partial charge in [0.05, 0.1) is 29.1 Å². The van der Waals surface area contributed by atoms with Gasteiger partial charge in [0.2, 0.25) is 0 Å². The van der Waals surface area contributed by atoms with Crippen molar-refractivity contribution in [3.05, 3.63) is 96.8 Å². The molecule has 0 fully saturated rings. The van der Waals surface area contributed by atoms with E-state index in [2.05, 4.69) is 10.4 Å². The molecular formula is C24H22N4O4S. The molecule has 1 N–H and O–H groups in total. The summed E-state index contributed by atoms with van der Waals surface area (Å²) < 4.78 is 34.3. The van der Waals surface area contributed by atoms with Crippen molar-refractivity contribution in [3.63, 3.8) is 0 Å². The molecule has 1 aromatic heterocycles. The lowest BCUT2D eigenvalue weighted by Gasteiger charge is -2.21. The SMILES string of the molecule is COc1ccccc1N(C)S(=O)(=O)c1ccc(C(=O)Nc2ccccc2-n2cccn2)cc1. The van der Waals surface area contributed by atoms with E-state index in [1.165, 1.54) is 38.4 Å². The van der Waals surface area contributed by atoms with E-state index in [1.807, 2.05) is 18.2 Å². The van der Waals surface area contributed by atoms with E-state index in [0.717, 1.165) is 4.31 Å². The van der Waals surface area contributed by atoms with Gasteiger partial charge in [0, 0.05) is 25.0 Å². The summed E-state index contributed by atoms with van der Waals surface area (Å²) in [5, 5.41) is 7.07. The molecule has 1 heterocycles. The van der Waals surface area contributed by atoms with Crippen LogP contribution in [0.3, 0.4) is 0 Å². The fourth-order valence-corrected chi connectivity index (χ4v) is 4.55. The maximum atomic E-state index is 13.1. The van der Waals surface area contributed by atoms with Crippen molar-refractivity contribution in [1.82, 2.24) is 9.78 Å². The third-order valence-corrected chi connectivity index (χ3v) is 6.89. The van der Waals surface area contributed by atoms with Gasteiger partial charge in [-0.2, -0.15) is 5.10 Å². The van der Waals surface area contributed by atoms with Gasteiger partial charge < -0.3 is 10.1 Å². The van der Waals surface area contributed by atoms with Gasteiger partial charge in [-0.25, -0.2) is 13.1 Å². The maximum absolute atomic E-state index is 13.1. The third-order valence-electron chi connectivity index (χ3n) is 5.10. The predicted molar refractivity (Wildman–Crippen MR) is 127 cm³/mol. The van der Waals surface area contributed by atoms with Crippen molar-refractivity contribution in [1.29, 1.82) is 0 Å². The van der Waals surface area contributed by atoms with Crippen molar-refractivity contribution < 1.29 is 17.9 Å². The molecule has 0 spiro atoms. The second kappa shape index (κ2) is 9.17. The Morgan fingerprint density at radius 1 is 0.970 bits per heavy atom. The summed E-state index contributed by atoms with van der Waals surface area (Å²) in [5.74, 6) is 0.0760. The number of hydrogen-bond donors (Lipinski definition) is 1. The fraction of sp³-hybridized carbons (Fsp3) is 0.0833. The average Bonchev–Trinajstić information content (AvgIpc) is 3.38. The van der Waals surface area contributed by atoms with Crippen LogP contribution in [0, 0.1) is 0 Å². The number of carbonyl (C=O) groups excluding carboxylic acids is 1. The number of aromatic nitrogens is 2. The number of benzene rings is 3. The van der Waals surface area contributed by atoms with Crippen LogP contribution in [0.1, 0.15) is 10.4 Å². The molecule has 33 heavy (non-hydrogen) atoms. The van der Waals surface area contributed by atoms with Crippen LogP contribution in [0.15, 0.2) is 96.2 Å².